The molecule has 0 saturated carbocycles. The first-order chi connectivity index (χ1) is 16.1. The van der Waals surface area contributed by atoms with Crippen molar-refractivity contribution in [2.75, 3.05) is 42.6 Å². The Bertz CT molecular complexity index is 1210. The van der Waals surface area contributed by atoms with Crippen LogP contribution in [0.4, 0.5) is 16.2 Å². The van der Waals surface area contributed by atoms with Crippen LogP contribution >= 0.6 is 0 Å². The van der Waals surface area contributed by atoms with Gasteiger partial charge in [-0.05, 0) is 32.0 Å². The van der Waals surface area contributed by atoms with Crippen LogP contribution in [0, 0.1) is 12.7 Å². The summed E-state index contributed by atoms with van der Waals surface area (Å²) in [6.07, 6.45) is 1.54. The second-order valence-electron chi connectivity index (χ2n) is 8.03. The van der Waals surface area contributed by atoms with E-state index in [0.29, 0.717) is 40.9 Å². The highest BCUT2D eigenvalue weighted by Crippen LogP contribution is 2.38. The zero-order valence-corrected chi connectivity index (χ0v) is 18.6. The molecular weight excluding hydrogens is 423 g/mol. The maximum atomic E-state index is 14.9. The van der Waals surface area contributed by atoms with Crippen LogP contribution in [0.2, 0.25) is 0 Å². The van der Waals surface area contributed by atoms with Crippen molar-refractivity contribution >= 4 is 17.7 Å². The van der Waals surface area contributed by atoms with Crippen molar-refractivity contribution < 1.29 is 13.9 Å². The highest BCUT2D eigenvalue weighted by Gasteiger charge is 2.34. The number of carbonyl (C=O) groups is 1. The van der Waals surface area contributed by atoms with Gasteiger partial charge in [0.15, 0.2) is 0 Å². The summed E-state index contributed by atoms with van der Waals surface area (Å²) in [4.78, 5) is 30.8. The molecule has 0 aliphatic carbocycles. The van der Waals surface area contributed by atoms with Crippen molar-refractivity contribution in [2.24, 2.45) is 0 Å². The van der Waals surface area contributed by atoms with Gasteiger partial charge in [-0.1, -0.05) is 6.07 Å². The van der Waals surface area contributed by atoms with Crippen molar-refractivity contribution in [3.63, 3.8) is 0 Å². The number of nitrogens with zero attached hydrogens (tertiary/aromatic N) is 5. The second kappa shape index (κ2) is 8.74. The Hall–Kier alpha value is -3.59. The lowest BCUT2D eigenvalue weighted by Gasteiger charge is -2.28. The minimum Gasteiger partial charge on any atom is -0.493 e. The maximum absolute atomic E-state index is 14.9. The molecule has 8 nitrogen and oxygen atoms in total. The number of amides is 1. The van der Waals surface area contributed by atoms with Crippen LogP contribution in [0.5, 0.6) is 5.75 Å². The van der Waals surface area contributed by atoms with Gasteiger partial charge in [-0.3, -0.25) is 14.7 Å². The van der Waals surface area contributed by atoms with E-state index in [0.717, 1.165) is 31.9 Å². The molecule has 3 aromatic rings. The Morgan fingerprint density at radius 2 is 2.00 bits per heavy atom. The number of aromatic nitrogens is 3. The number of piperazine rings is 1. The van der Waals surface area contributed by atoms with Crippen molar-refractivity contribution in [1.29, 1.82) is 0 Å². The predicted molar refractivity (Wildman–Crippen MR) is 123 cm³/mol. The van der Waals surface area contributed by atoms with Crippen molar-refractivity contribution in [2.45, 2.75) is 20.4 Å². The Kier molecular flexibility index (Phi) is 5.63. The zero-order valence-electron chi connectivity index (χ0n) is 18.6. The SMILES string of the molecule is CCOc1cccc(F)c1-c1nccc2c1CN(c1cc(C)nc(N3CCNCC3)n1)C2=O. The topological polar surface area (TPSA) is 83.5 Å². The number of hydrogen-bond acceptors (Lipinski definition) is 7. The first-order valence-electron chi connectivity index (χ1n) is 11.1. The largest absolute Gasteiger partial charge is 0.493 e. The Labute approximate surface area is 191 Å². The van der Waals surface area contributed by atoms with Gasteiger partial charge < -0.3 is 15.0 Å². The molecule has 9 heteroatoms. The second-order valence-corrected chi connectivity index (χ2v) is 8.03. The van der Waals surface area contributed by atoms with Crippen LogP contribution in [-0.4, -0.2) is 53.6 Å². The zero-order chi connectivity index (χ0) is 22.9. The predicted octanol–water partition coefficient (Wildman–Crippen LogP) is 2.95. The van der Waals surface area contributed by atoms with Crippen LogP contribution in [0.3, 0.4) is 0 Å². The molecule has 33 heavy (non-hydrogen) atoms. The molecule has 4 heterocycles. The van der Waals surface area contributed by atoms with E-state index in [1.165, 1.54) is 12.3 Å². The molecule has 1 N–H and O–H groups in total. The quantitative estimate of drug-likeness (QED) is 0.643. The van der Waals surface area contributed by atoms with Crippen LogP contribution in [0.1, 0.15) is 28.5 Å². The third kappa shape index (κ3) is 3.89. The lowest BCUT2D eigenvalue weighted by atomic mass is 10.0. The van der Waals surface area contributed by atoms with Gasteiger partial charge in [0.1, 0.15) is 17.4 Å². The van der Waals surface area contributed by atoms with Crippen LogP contribution in [0.25, 0.3) is 11.3 Å². The Morgan fingerprint density at radius 3 is 2.79 bits per heavy atom. The fourth-order valence-electron chi connectivity index (χ4n) is 4.32. The number of nitrogens with one attached hydrogen (secondary N) is 1. The molecule has 1 saturated heterocycles. The van der Waals surface area contributed by atoms with Crippen molar-refractivity contribution in [1.82, 2.24) is 20.3 Å². The average molecular weight is 449 g/mol. The first-order valence-corrected chi connectivity index (χ1v) is 11.1. The van der Waals surface area contributed by atoms with Crippen LogP contribution in [0.15, 0.2) is 36.5 Å². The summed E-state index contributed by atoms with van der Waals surface area (Å²) in [5.41, 5.74) is 2.62. The van der Waals surface area contributed by atoms with Gasteiger partial charge in [0.2, 0.25) is 5.95 Å². The molecule has 1 amide bonds. The number of carbonyl (C=O) groups excluding carboxylic acids is 1. The lowest BCUT2D eigenvalue weighted by molar-refractivity contribution is 0.0996. The fourth-order valence-corrected chi connectivity index (χ4v) is 4.32. The average Bonchev–Trinajstić information content (AvgIpc) is 3.17. The number of rotatable bonds is 5. The summed E-state index contributed by atoms with van der Waals surface area (Å²) >= 11 is 0. The molecule has 2 aromatic heterocycles. The molecule has 170 valence electrons. The summed E-state index contributed by atoms with van der Waals surface area (Å²) in [7, 11) is 0. The van der Waals surface area contributed by atoms with Crippen molar-refractivity contribution in [3.8, 4) is 17.0 Å². The van der Waals surface area contributed by atoms with E-state index < -0.39 is 5.82 Å². The normalized spacial score (nSPS) is 15.7. The van der Waals surface area contributed by atoms with Gasteiger partial charge in [0.25, 0.3) is 5.91 Å². The number of fused-ring (bicyclic) bond motifs is 1. The van der Waals surface area contributed by atoms with E-state index in [-0.39, 0.29) is 18.0 Å². The van der Waals surface area contributed by atoms with Crippen LogP contribution in [-0.2, 0) is 6.54 Å². The molecule has 5 rings (SSSR count). The van der Waals surface area contributed by atoms with Gasteiger partial charge >= 0.3 is 0 Å². The Morgan fingerprint density at radius 1 is 1.18 bits per heavy atom. The van der Waals surface area contributed by atoms with E-state index in [2.05, 4.69) is 20.2 Å². The number of hydrogen-bond donors (Lipinski definition) is 1. The highest BCUT2D eigenvalue weighted by atomic mass is 19.1. The van der Waals surface area contributed by atoms with Gasteiger partial charge in [-0.15, -0.1) is 0 Å². The molecule has 0 unspecified atom stereocenters. The van der Waals surface area contributed by atoms with Crippen molar-refractivity contribution in [3.05, 3.63) is 59.2 Å². The molecule has 0 radical (unpaired) electrons. The number of ether oxygens (including phenoxy) is 1. The maximum Gasteiger partial charge on any atom is 0.260 e. The monoisotopic (exact) mass is 448 g/mol. The molecule has 2 aliphatic heterocycles. The minimum atomic E-state index is -0.438. The highest BCUT2D eigenvalue weighted by molar-refractivity contribution is 6.10. The molecule has 2 aliphatic rings. The van der Waals surface area contributed by atoms with Gasteiger partial charge in [-0.2, -0.15) is 4.98 Å². The molecule has 0 atom stereocenters. The van der Waals surface area contributed by atoms with Gasteiger partial charge in [0, 0.05) is 55.3 Å². The van der Waals surface area contributed by atoms with E-state index in [1.54, 1.807) is 29.2 Å². The molecular formula is C24H25FN6O2. The minimum absolute atomic E-state index is 0.188. The van der Waals surface area contributed by atoms with E-state index in [9.17, 15) is 9.18 Å². The van der Waals surface area contributed by atoms with Gasteiger partial charge in [0.05, 0.1) is 24.4 Å². The summed E-state index contributed by atoms with van der Waals surface area (Å²) in [6.45, 7) is 7.71. The van der Waals surface area contributed by atoms with E-state index in [4.69, 9.17) is 9.72 Å². The Balaban J connectivity index is 1.54. The molecule has 0 spiro atoms. The smallest absolute Gasteiger partial charge is 0.260 e. The van der Waals surface area contributed by atoms with E-state index in [1.807, 2.05) is 13.8 Å². The summed E-state index contributed by atoms with van der Waals surface area (Å²) in [5, 5.41) is 3.32. The molecule has 1 aromatic carbocycles. The molecule has 0 bridgehead atoms. The molecule has 1 fully saturated rings. The standard InChI is InChI=1S/C24H25FN6O2/c1-3-33-19-6-4-5-18(25)21(19)22-17-14-31(23(32)16(17)7-8-27-22)20-13-15(2)28-24(29-20)30-11-9-26-10-12-30/h4-8,13,26H,3,9-12,14H2,1-2H3. The number of anilines is 2. The third-order valence-corrected chi connectivity index (χ3v) is 5.86. The number of halogens is 1. The summed E-state index contributed by atoms with van der Waals surface area (Å²) in [5.74, 6) is 0.921. The fraction of sp³-hybridized carbons (Fsp3) is 0.333. The number of benzene rings is 1. The van der Waals surface area contributed by atoms with E-state index >= 15 is 0 Å². The van der Waals surface area contributed by atoms with Gasteiger partial charge in [-0.25, -0.2) is 9.37 Å². The summed E-state index contributed by atoms with van der Waals surface area (Å²) < 4.78 is 20.6. The number of pyridine rings is 1. The lowest BCUT2D eigenvalue weighted by Crippen LogP contribution is -2.44. The number of aryl methyl sites for hydroxylation is 1. The third-order valence-electron chi connectivity index (χ3n) is 5.86. The summed E-state index contributed by atoms with van der Waals surface area (Å²) in [6, 6.07) is 8.17. The first kappa shape index (κ1) is 21.3. The van der Waals surface area contributed by atoms with Crippen LogP contribution < -0.4 is 19.9 Å².